The Kier molecular flexibility index (Phi) is 4.17. The first-order valence-electron chi connectivity index (χ1n) is 6.59. The van der Waals surface area contributed by atoms with Gasteiger partial charge in [0.1, 0.15) is 11.9 Å². The fourth-order valence-corrected chi connectivity index (χ4v) is 2.16. The highest BCUT2D eigenvalue weighted by molar-refractivity contribution is 6.31. The molecule has 0 unspecified atom stereocenters. The van der Waals surface area contributed by atoms with Crippen LogP contribution < -0.4 is 5.32 Å². The van der Waals surface area contributed by atoms with Crippen molar-refractivity contribution >= 4 is 23.1 Å². The van der Waals surface area contributed by atoms with Crippen molar-refractivity contribution in [3.63, 3.8) is 0 Å². The van der Waals surface area contributed by atoms with Crippen LogP contribution in [0.3, 0.4) is 0 Å². The molecule has 114 valence electrons. The summed E-state index contributed by atoms with van der Waals surface area (Å²) in [5.41, 5.74) is 1.52. The summed E-state index contributed by atoms with van der Waals surface area (Å²) in [5.74, 6) is 0.0888. The average Bonchev–Trinajstić information content (AvgIpc) is 2.98. The summed E-state index contributed by atoms with van der Waals surface area (Å²) in [6, 6.07) is 6.11. The van der Waals surface area contributed by atoms with Gasteiger partial charge >= 0.3 is 0 Å². The van der Waals surface area contributed by atoms with Crippen molar-refractivity contribution < 1.29 is 4.39 Å². The van der Waals surface area contributed by atoms with Crippen molar-refractivity contribution in [1.82, 2.24) is 19.7 Å². The average molecular weight is 329 g/mol. The Hall–Kier alpha value is -2.98. The van der Waals surface area contributed by atoms with Crippen LogP contribution in [0.15, 0.2) is 43.0 Å². The van der Waals surface area contributed by atoms with Crippen LogP contribution in [0.1, 0.15) is 11.3 Å². The Morgan fingerprint density at radius 3 is 3.00 bits per heavy atom. The van der Waals surface area contributed by atoms with Gasteiger partial charge in [-0.25, -0.2) is 9.37 Å². The zero-order valence-corrected chi connectivity index (χ0v) is 12.5. The summed E-state index contributed by atoms with van der Waals surface area (Å²) < 4.78 is 14.9. The molecule has 0 aliphatic carbocycles. The van der Waals surface area contributed by atoms with Gasteiger partial charge in [-0.1, -0.05) is 11.6 Å². The molecule has 6 nitrogen and oxygen atoms in total. The van der Waals surface area contributed by atoms with E-state index in [2.05, 4.69) is 20.4 Å². The number of nitrogens with zero attached hydrogens (tertiary/aromatic N) is 5. The van der Waals surface area contributed by atoms with Crippen LogP contribution in [0.5, 0.6) is 0 Å². The molecule has 0 atom stereocenters. The van der Waals surface area contributed by atoms with Gasteiger partial charge < -0.3 is 5.32 Å². The minimum Gasteiger partial charge on any atom is -0.336 e. The molecule has 0 saturated carbocycles. The first-order chi connectivity index (χ1) is 11.1. The zero-order valence-electron chi connectivity index (χ0n) is 11.7. The Balaban J connectivity index is 1.75. The van der Waals surface area contributed by atoms with E-state index in [0.717, 1.165) is 0 Å². The maximum atomic E-state index is 13.3. The van der Waals surface area contributed by atoms with E-state index >= 15 is 0 Å². The first kappa shape index (κ1) is 14.9. The number of hydrogen-bond acceptors (Lipinski definition) is 5. The van der Waals surface area contributed by atoms with E-state index in [1.165, 1.54) is 30.6 Å². The minimum atomic E-state index is -0.349. The Bertz CT molecular complexity index is 886. The Labute approximate surface area is 136 Å². The highest BCUT2D eigenvalue weighted by atomic mass is 35.5. The van der Waals surface area contributed by atoms with Crippen LogP contribution in [-0.2, 0) is 6.54 Å². The molecule has 0 aliphatic heterocycles. The normalized spacial score (nSPS) is 10.3. The number of nitriles is 1. The molecule has 3 aromatic rings. The Morgan fingerprint density at radius 1 is 1.30 bits per heavy atom. The van der Waals surface area contributed by atoms with E-state index in [1.807, 2.05) is 6.07 Å². The van der Waals surface area contributed by atoms with Crippen LogP contribution in [0.25, 0.3) is 0 Å². The summed E-state index contributed by atoms with van der Waals surface area (Å²) in [6.07, 6.45) is 6.19. The molecule has 0 spiro atoms. The number of halogens is 2. The second-order valence-corrected chi connectivity index (χ2v) is 5.10. The smallest absolute Gasteiger partial charge is 0.161 e. The van der Waals surface area contributed by atoms with Crippen molar-refractivity contribution in [3.05, 3.63) is 65.1 Å². The van der Waals surface area contributed by atoms with Crippen LogP contribution >= 0.6 is 11.6 Å². The maximum Gasteiger partial charge on any atom is 0.161 e. The highest BCUT2D eigenvalue weighted by Gasteiger charge is 2.06. The van der Waals surface area contributed by atoms with Crippen LogP contribution in [-0.4, -0.2) is 19.7 Å². The minimum absolute atomic E-state index is 0.217. The van der Waals surface area contributed by atoms with E-state index in [1.54, 1.807) is 17.1 Å². The molecule has 2 heterocycles. The summed E-state index contributed by atoms with van der Waals surface area (Å²) in [4.78, 5) is 7.98. The molecular formula is C15H10ClFN6. The van der Waals surface area contributed by atoms with Crippen molar-refractivity contribution in [1.29, 1.82) is 5.26 Å². The van der Waals surface area contributed by atoms with Crippen LogP contribution in [0.2, 0.25) is 5.02 Å². The van der Waals surface area contributed by atoms with E-state index in [0.29, 0.717) is 28.6 Å². The van der Waals surface area contributed by atoms with Crippen molar-refractivity contribution in [2.75, 3.05) is 5.32 Å². The molecule has 0 amide bonds. The summed E-state index contributed by atoms with van der Waals surface area (Å²) in [6.45, 7) is 0.336. The fourth-order valence-electron chi connectivity index (χ4n) is 1.98. The Morgan fingerprint density at radius 2 is 2.17 bits per heavy atom. The predicted octanol–water partition coefficient (Wildman–Crippen LogP) is 3.13. The van der Waals surface area contributed by atoms with E-state index < -0.39 is 0 Å². The van der Waals surface area contributed by atoms with Gasteiger partial charge in [-0.05, 0) is 23.8 Å². The third-order valence-corrected chi connectivity index (χ3v) is 3.36. The molecule has 3 rings (SSSR count). The number of hydrogen-bond donors (Lipinski definition) is 1. The summed E-state index contributed by atoms with van der Waals surface area (Å²) in [5, 5.41) is 16.5. The number of rotatable bonds is 4. The third kappa shape index (κ3) is 3.62. The lowest BCUT2D eigenvalue weighted by Gasteiger charge is -2.05. The number of aromatic nitrogens is 4. The lowest BCUT2D eigenvalue weighted by atomic mass is 10.2. The molecule has 2 aromatic heterocycles. The third-order valence-electron chi connectivity index (χ3n) is 2.99. The molecular weight excluding hydrogens is 319 g/mol. The molecule has 1 aromatic carbocycles. The van der Waals surface area contributed by atoms with Crippen molar-refractivity contribution in [2.45, 2.75) is 6.54 Å². The second-order valence-electron chi connectivity index (χ2n) is 4.69. The van der Waals surface area contributed by atoms with Crippen LogP contribution in [0, 0.1) is 17.1 Å². The molecule has 0 radical (unpaired) electrons. The molecule has 0 fully saturated rings. The standard InChI is InChI=1S/C15H10ClFN6/c16-14-2-1-11(17)3-10(14)8-23-9-13(6-20-23)22-15-7-19-5-12(4-18)21-15/h1-3,5-7,9H,8H2,(H,21,22). The number of anilines is 2. The van der Waals surface area contributed by atoms with Gasteiger partial charge in [0, 0.05) is 11.2 Å². The van der Waals surface area contributed by atoms with Crippen molar-refractivity contribution in [2.24, 2.45) is 0 Å². The highest BCUT2D eigenvalue weighted by Crippen LogP contribution is 2.19. The van der Waals surface area contributed by atoms with Crippen molar-refractivity contribution in [3.8, 4) is 6.07 Å². The lowest BCUT2D eigenvalue weighted by Crippen LogP contribution is -2.01. The fraction of sp³-hybridized carbons (Fsp3) is 0.0667. The molecule has 8 heteroatoms. The maximum absolute atomic E-state index is 13.3. The monoisotopic (exact) mass is 328 g/mol. The van der Waals surface area contributed by atoms with E-state index in [-0.39, 0.29) is 11.5 Å². The van der Waals surface area contributed by atoms with Gasteiger partial charge in [0.05, 0.1) is 30.8 Å². The lowest BCUT2D eigenvalue weighted by molar-refractivity contribution is 0.619. The molecule has 23 heavy (non-hydrogen) atoms. The largest absolute Gasteiger partial charge is 0.336 e. The van der Waals surface area contributed by atoms with Gasteiger partial charge in [-0.3, -0.25) is 9.67 Å². The van der Waals surface area contributed by atoms with Gasteiger partial charge in [0.15, 0.2) is 11.5 Å². The van der Waals surface area contributed by atoms with E-state index in [4.69, 9.17) is 16.9 Å². The topological polar surface area (TPSA) is 79.4 Å². The second kappa shape index (κ2) is 6.42. The molecule has 0 bridgehead atoms. The first-order valence-corrected chi connectivity index (χ1v) is 6.97. The molecule has 1 N–H and O–H groups in total. The summed E-state index contributed by atoms with van der Waals surface area (Å²) >= 11 is 6.04. The number of benzene rings is 1. The molecule has 0 aliphatic rings. The predicted molar refractivity (Wildman–Crippen MR) is 82.8 cm³/mol. The van der Waals surface area contributed by atoms with Crippen LogP contribution in [0.4, 0.5) is 15.9 Å². The number of nitrogens with one attached hydrogen (secondary N) is 1. The quantitative estimate of drug-likeness (QED) is 0.796. The van der Waals surface area contributed by atoms with Gasteiger partial charge in [-0.2, -0.15) is 10.4 Å². The van der Waals surface area contributed by atoms with Gasteiger partial charge in [-0.15, -0.1) is 0 Å². The van der Waals surface area contributed by atoms with Gasteiger partial charge in [0.25, 0.3) is 0 Å². The van der Waals surface area contributed by atoms with Gasteiger partial charge in [0.2, 0.25) is 0 Å². The molecule has 0 saturated heterocycles. The zero-order chi connectivity index (χ0) is 16.2. The van der Waals surface area contributed by atoms with E-state index in [9.17, 15) is 4.39 Å². The SMILES string of the molecule is N#Cc1cncc(Nc2cnn(Cc3cc(F)ccc3Cl)c2)n1. The summed E-state index contributed by atoms with van der Waals surface area (Å²) in [7, 11) is 0.